The molecule has 0 spiro atoms. The highest BCUT2D eigenvalue weighted by atomic mass is 16.5. The lowest BCUT2D eigenvalue weighted by Gasteiger charge is -2.26. The van der Waals surface area contributed by atoms with Gasteiger partial charge >= 0.3 is 0 Å². The van der Waals surface area contributed by atoms with Crippen molar-refractivity contribution >= 4 is 17.4 Å². The zero-order valence-electron chi connectivity index (χ0n) is 21.3. The molecule has 1 aliphatic rings. The number of aryl methyl sites for hydroxylation is 1. The summed E-state index contributed by atoms with van der Waals surface area (Å²) in [5, 5.41) is 21.3. The van der Waals surface area contributed by atoms with E-state index in [4.69, 9.17) is 4.74 Å². The highest BCUT2D eigenvalue weighted by Crippen LogP contribution is 2.40. The summed E-state index contributed by atoms with van der Waals surface area (Å²) in [4.78, 5) is 29.7. The van der Waals surface area contributed by atoms with Gasteiger partial charge in [0.2, 0.25) is 0 Å². The normalized spacial score (nSPS) is 17.0. The number of benzene rings is 3. The number of phenolic OH excluding ortho intramolecular Hbond substituents is 1. The van der Waals surface area contributed by atoms with Gasteiger partial charge in [-0.1, -0.05) is 42.0 Å². The number of phenols is 1. The molecular formula is C30H32N2O5. The van der Waals surface area contributed by atoms with Gasteiger partial charge in [-0.15, -0.1) is 0 Å². The van der Waals surface area contributed by atoms with Gasteiger partial charge in [0.15, 0.2) is 0 Å². The third-order valence-electron chi connectivity index (χ3n) is 6.35. The summed E-state index contributed by atoms with van der Waals surface area (Å²) in [6, 6.07) is 20.5. The maximum Gasteiger partial charge on any atom is 0.295 e. The molecule has 4 rings (SSSR count). The van der Waals surface area contributed by atoms with E-state index in [-0.39, 0.29) is 17.1 Å². The number of aliphatic hydroxyl groups excluding tert-OH is 1. The number of nitrogens with zero attached hydrogens (tertiary/aromatic N) is 2. The van der Waals surface area contributed by atoms with E-state index in [1.807, 2.05) is 44.1 Å². The summed E-state index contributed by atoms with van der Waals surface area (Å²) < 4.78 is 5.87. The molecule has 1 aliphatic heterocycles. The van der Waals surface area contributed by atoms with Crippen LogP contribution in [0.2, 0.25) is 0 Å². The predicted molar refractivity (Wildman–Crippen MR) is 142 cm³/mol. The number of amides is 1. The number of carbonyl (C=O) groups is 2. The first-order chi connectivity index (χ1) is 17.7. The number of rotatable bonds is 9. The predicted octanol–water partition coefficient (Wildman–Crippen LogP) is 4.65. The minimum atomic E-state index is -0.800. The van der Waals surface area contributed by atoms with Crippen LogP contribution in [0.3, 0.4) is 0 Å². The van der Waals surface area contributed by atoms with Gasteiger partial charge in [-0.2, -0.15) is 0 Å². The molecule has 37 heavy (non-hydrogen) atoms. The number of aromatic hydroxyl groups is 1. The number of carbonyl (C=O) groups excluding carboxylic acids is 2. The van der Waals surface area contributed by atoms with Crippen molar-refractivity contribution in [3.63, 3.8) is 0 Å². The molecule has 7 heteroatoms. The van der Waals surface area contributed by atoms with Gasteiger partial charge < -0.3 is 24.7 Å². The summed E-state index contributed by atoms with van der Waals surface area (Å²) in [5.74, 6) is -1.02. The minimum absolute atomic E-state index is 0.00822. The van der Waals surface area contributed by atoms with Crippen LogP contribution in [-0.4, -0.2) is 58.9 Å². The SMILES string of the molecule is Cc1cccc(COc2ccc(C(O)=C3C(=O)C(=O)N(CCCN(C)C)[C@@H]3c3cccc(O)c3)cc2)c1. The lowest BCUT2D eigenvalue weighted by Crippen LogP contribution is -2.32. The summed E-state index contributed by atoms with van der Waals surface area (Å²) in [7, 11) is 3.88. The van der Waals surface area contributed by atoms with E-state index in [0.29, 0.717) is 36.4 Å². The fourth-order valence-electron chi connectivity index (χ4n) is 4.54. The molecule has 3 aromatic rings. The largest absolute Gasteiger partial charge is 0.508 e. The summed E-state index contributed by atoms with van der Waals surface area (Å²) in [6.45, 7) is 3.50. The van der Waals surface area contributed by atoms with Gasteiger partial charge in [-0.3, -0.25) is 9.59 Å². The Hall–Kier alpha value is -4.10. The second-order valence-corrected chi connectivity index (χ2v) is 9.55. The summed E-state index contributed by atoms with van der Waals surface area (Å²) >= 11 is 0. The zero-order chi connectivity index (χ0) is 26.5. The van der Waals surface area contributed by atoms with Crippen molar-refractivity contribution in [1.29, 1.82) is 0 Å². The molecule has 0 saturated carbocycles. The smallest absolute Gasteiger partial charge is 0.295 e. The van der Waals surface area contributed by atoms with Crippen molar-refractivity contribution in [3.05, 3.63) is 101 Å². The van der Waals surface area contributed by atoms with Crippen molar-refractivity contribution in [2.45, 2.75) is 26.0 Å². The number of ketones is 1. The van der Waals surface area contributed by atoms with Gasteiger partial charge in [0.05, 0.1) is 11.6 Å². The van der Waals surface area contributed by atoms with Gasteiger partial charge in [0.1, 0.15) is 23.9 Å². The standard InChI is InChI=1S/C30H32N2O5/c1-20-7-4-8-21(17-20)19-37-25-13-11-22(12-14-25)28(34)26-27(23-9-5-10-24(33)18-23)32(30(36)29(26)35)16-6-15-31(2)3/h4-5,7-14,17-18,27,33-34H,6,15-16,19H2,1-3H3/t27-/m1/s1. The molecule has 1 saturated heterocycles. The molecular weight excluding hydrogens is 468 g/mol. The molecule has 0 radical (unpaired) electrons. The Morgan fingerprint density at radius 2 is 1.73 bits per heavy atom. The Kier molecular flexibility index (Phi) is 7.94. The van der Waals surface area contributed by atoms with E-state index in [9.17, 15) is 19.8 Å². The van der Waals surface area contributed by atoms with Crippen molar-refractivity contribution in [1.82, 2.24) is 9.80 Å². The quantitative estimate of drug-likeness (QED) is 0.253. The van der Waals surface area contributed by atoms with Crippen molar-refractivity contribution < 1.29 is 24.5 Å². The fourth-order valence-corrected chi connectivity index (χ4v) is 4.54. The first kappa shape index (κ1) is 26.0. The molecule has 1 atom stereocenters. The first-order valence-electron chi connectivity index (χ1n) is 12.3. The number of hydrogen-bond donors (Lipinski definition) is 2. The van der Waals surface area contributed by atoms with Crippen LogP contribution < -0.4 is 4.74 Å². The molecule has 0 aliphatic carbocycles. The van der Waals surface area contributed by atoms with Crippen LogP contribution in [0.4, 0.5) is 0 Å². The van der Waals surface area contributed by atoms with E-state index in [0.717, 1.165) is 17.7 Å². The molecule has 1 fully saturated rings. The van der Waals surface area contributed by atoms with E-state index >= 15 is 0 Å². The second kappa shape index (κ2) is 11.3. The zero-order valence-corrected chi connectivity index (χ0v) is 21.3. The second-order valence-electron chi connectivity index (χ2n) is 9.55. The molecule has 3 aromatic carbocycles. The summed E-state index contributed by atoms with van der Waals surface area (Å²) in [6.07, 6.45) is 0.655. The van der Waals surface area contributed by atoms with Crippen LogP contribution in [0, 0.1) is 6.92 Å². The topological polar surface area (TPSA) is 90.3 Å². The maximum atomic E-state index is 13.1. The lowest BCUT2D eigenvalue weighted by atomic mass is 9.95. The van der Waals surface area contributed by atoms with Crippen LogP contribution in [0.25, 0.3) is 5.76 Å². The van der Waals surface area contributed by atoms with E-state index in [2.05, 4.69) is 6.07 Å². The van der Waals surface area contributed by atoms with E-state index in [1.165, 1.54) is 17.0 Å². The molecule has 7 nitrogen and oxygen atoms in total. The number of likely N-dealkylation sites (tertiary alicyclic amines) is 1. The van der Waals surface area contributed by atoms with Crippen molar-refractivity contribution in [2.24, 2.45) is 0 Å². The Morgan fingerprint density at radius 1 is 1.00 bits per heavy atom. The van der Waals surface area contributed by atoms with Gasteiger partial charge in [0, 0.05) is 12.1 Å². The lowest BCUT2D eigenvalue weighted by molar-refractivity contribution is -0.139. The minimum Gasteiger partial charge on any atom is -0.508 e. The molecule has 2 N–H and O–H groups in total. The van der Waals surface area contributed by atoms with Crippen LogP contribution in [0.1, 0.15) is 34.7 Å². The maximum absolute atomic E-state index is 13.1. The Labute approximate surface area is 217 Å². The summed E-state index contributed by atoms with van der Waals surface area (Å²) in [5.41, 5.74) is 3.17. The molecule has 192 valence electrons. The van der Waals surface area contributed by atoms with E-state index in [1.54, 1.807) is 36.4 Å². The molecule has 0 aromatic heterocycles. The molecule has 0 unspecified atom stereocenters. The van der Waals surface area contributed by atoms with Crippen molar-refractivity contribution in [2.75, 3.05) is 27.2 Å². The number of ether oxygens (including phenoxy) is 1. The van der Waals surface area contributed by atoms with Gasteiger partial charge in [0.25, 0.3) is 11.7 Å². The van der Waals surface area contributed by atoms with Gasteiger partial charge in [-0.05, 0) is 81.5 Å². The Morgan fingerprint density at radius 3 is 2.41 bits per heavy atom. The molecule has 1 amide bonds. The van der Waals surface area contributed by atoms with Crippen LogP contribution in [0.15, 0.2) is 78.4 Å². The highest BCUT2D eigenvalue weighted by molar-refractivity contribution is 6.46. The molecule has 1 heterocycles. The Bertz CT molecular complexity index is 1310. The number of Topliss-reactive ketones (excluding diaryl/α,β-unsaturated/α-hetero) is 1. The van der Waals surface area contributed by atoms with Crippen LogP contribution >= 0.6 is 0 Å². The van der Waals surface area contributed by atoms with Gasteiger partial charge in [-0.25, -0.2) is 0 Å². The average Bonchev–Trinajstić information content (AvgIpc) is 3.12. The third kappa shape index (κ3) is 6.01. The first-order valence-corrected chi connectivity index (χ1v) is 12.3. The van der Waals surface area contributed by atoms with Crippen LogP contribution in [0.5, 0.6) is 11.5 Å². The molecule has 0 bridgehead atoms. The highest BCUT2D eigenvalue weighted by Gasteiger charge is 2.45. The fraction of sp³-hybridized carbons (Fsp3) is 0.267. The third-order valence-corrected chi connectivity index (χ3v) is 6.35. The number of hydrogen-bond acceptors (Lipinski definition) is 6. The number of aliphatic hydroxyl groups is 1. The monoisotopic (exact) mass is 500 g/mol. The average molecular weight is 501 g/mol. The van der Waals surface area contributed by atoms with E-state index < -0.39 is 17.7 Å². The Balaban J connectivity index is 1.63. The van der Waals surface area contributed by atoms with Crippen molar-refractivity contribution in [3.8, 4) is 11.5 Å². The van der Waals surface area contributed by atoms with Crippen LogP contribution in [-0.2, 0) is 16.2 Å².